The molecule has 2 aromatic carbocycles. The highest BCUT2D eigenvalue weighted by atomic mass is 32.2. The Balaban J connectivity index is 1.90. The zero-order valence-electron chi connectivity index (χ0n) is 11.6. The van der Waals surface area contributed by atoms with Gasteiger partial charge in [0, 0.05) is 11.8 Å². The van der Waals surface area contributed by atoms with Crippen molar-refractivity contribution >= 4 is 28.5 Å². The molecule has 106 valence electrons. The van der Waals surface area contributed by atoms with Crippen molar-refractivity contribution in [2.45, 2.75) is 18.2 Å². The molecule has 0 radical (unpaired) electrons. The molecule has 0 aliphatic carbocycles. The number of allylic oxidation sites excluding steroid dienone is 1. The van der Waals surface area contributed by atoms with Gasteiger partial charge in [-0.25, -0.2) is 4.21 Å². The molecule has 2 aromatic rings. The van der Waals surface area contributed by atoms with Gasteiger partial charge in [0.15, 0.2) is 0 Å². The predicted molar refractivity (Wildman–Crippen MR) is 86.4 cm³/mol. The Labute approximate surface area is 126 Å². The van der Waals surface area contributed by atoms with Gasteiger partial charge in [0.1, 0.15) is 10.7 Å². The van der Waals surface area contributed by atoms with E-state index in [1.807, 2.05) is 36.4 Å². The molecule has 21 heavy (non-hydrogen) atoms. The summed E-state index contributed by atoms with van der Waals surface area (Å²) in [4.78, 5) is 5.31. The first-order chi connectivity index (χ1) is 10.2. The Morgan fingerprint density at radius 3 is 2.52 bits per heavy atom. The van der Waals surface area contributed by atoms with Crippen LogP contribution in [0.2, 0.25) is 0 Å². The summed E-state index contributed by atoms with van der Waals surface area (Å²) in [5.74, 6) is 0.0536. The van der Waals surface area contributed by atoms with E-state index in [0.29, 0.717) is 15.4 Å². The van der Waals surface area contributed by atoms with E-state index in [1.54, 1.807) is 12.1 Å². The number of hydrogen-bond acceptors (Lipinski definition) is 3. The third-order valence-electron chi connectivity index (χ3n) is 3.45. The van der Waals surface area contributed by atoms with Crippen LogP contribution in [0.5, 0.6) is 0 Å². The van der Waals surface area contributed by atoms with E-state index in [-0.39, 0.29) is 5.76 Å². The molecule has 0 fully saturated rings. The maximum absolute atomic E-state index is 12.3. The van der Waals surface area contributed by atoms with Gasteiger partial charge >= 0.3 is 0 Å². The summed E-state index contributed by atoms with van der Waals surface area (Å²) >= 11 is 0. The summed E-state index contributed by atoms with van der Waals surface area (Å²) in [5.41, 5.74) is 2.65. The predicted octanol–water partition coefficient (Wildman–Crippen LogP) is 4.00. The number of aliphatic hydroxyl groups is 1. The summed E-state index contributed by atoms with van der Waals surface area (Å²) < 4.78 is 12.3. The first-order valence-corrected chi connectivity index (χ1v) is 7.93. The minimum absolute atomic E-state index is 0.0536. The second-order valence-corrected chi connectivity index (χ2v) is 6.17. The average molecular weight is 297 g/mol. The molecule has 1 aliphatic heterocycles. The molecule has 0 saturated carbocycles. The van der Waals surface area contributed by atoms with E-state index < -0.39 is 10.8 Å². The van der Waals surface area contributed by atoms with Crippen LogP contribution < -0.4 is 0 Å². The van der Waals surface area contributed by atoms with E-state index >= 15 is 0 Å². The van der Waals surface area contributed by atoms with Gasteiger partial charge in [0.05, 0.1) is 21.4 Å². The van der Waals surface area contributed by atoms with Crippen LogP contribution in [0.4, 0.5) is 5.69 Å². The summed E-state index contributed by atoms with van der Waals surface area (Å²) in [6.07, 6.45) is 2.47. The molecular weight excluding hydrogens is 282 g/mol. The van der Waals surface area contributed by atoms with Crippen LogP contribution in [0.3, 0.4) is 0 Å². The summed E-state index contributed by atoms with van der Waals surface area (Å²) in [6, 6.07) is 15.0. The zero-order valence-corrected chi connectivity index (χ0v) is 12.4. The van der Waals surface area contributed by atoms with Crippen molar-refractivity contribution < 1.29 is 9.32 Å². The van der Waals surface area contributed by atoms with Crippen LogP contribution in [-0.2, 0) is 17.2 Å². The van der Waals surface area contributed by atoms with Crippen molar-refractivity contribution in [3.8, 4) is 0 Å². The highest BCUT2D eigenvalue weighted by Gasteiger charge is 2.26. The fraction of sp³-hybridized carbons (Fsp3) is 0.118. The standard InChI is InChI=1S/C17H15NO2S/c1-2-12-7-9-13(10-8-12)18-11-16-17(19)14-5-3-4-6-15(14)21(16)20/h3-11,19H,2H2,1H3. The number of hydrogen-bond donors (Lipinski definition) is 1. The van der Waals surface area contributed by atoms with Gasteiger partial charge in [-0.15, -0.1) is 0 Å². The van der Waals surface area contributed by atoms with Gasteiger partial charge in [-0.1, -0.05) is 31.2 Å². The van der Waals surface area contributed by atoms with E-state index in [9.17, 15) is 9.32 Å². The van der Waals surface area contributed by atoms with Crippen molar-refractivity contribution in [1.82, 2.24) is 0 Å². The molecule has 0 spiro atoms. The lowest BCUT2D eigenvalue weighted by Crippen LogP contribution is -1.92. The van der Waals surface area contributed by atoms with Crippen molar-refractivity contribution in [3.05, 3.63) is 64.6 Å². The summed E-state index contributed by atoms with van der Waals surface area (Å²) in [7, 11) is -1.36. The summed E-state index contributed by atoms with van der Waals surface area (Å²) in [6.45, 7) is 2.10. The van der Waals surface area contributed by atoms with Gasteiger partial charge in [-0.05, 0) is 36.2 Å². The normalized spacial score (nSPS) is 17.5. The lowest BCUT2D eigenvalue weighted by atomic mass is 10.1. The van der Waals surface area contributed by atoms with Crippen molar-refractivity contribution in [1.29, 1.82) is 0 Å². The lowest BCUT2D eigenvalue weighted by Gasteiger charge is -1.98. The Kier molecular flexibility index (Phi) is 3.71. The molecule has 1 atom stereocenters. The van der Waals surface area contributed by atoms with Gasteiger partial charge in [0.2, 0.25) is 0 Å². The minimum atomic E-state index is -1.36. The fourth-order valence-corrected chi connectivity index (χ4v) is 3.46. The molecular formula is C17H15NO2S. The monoisotopic (exact) mass is 297 g/mol. The number of fused-ring (bicyclic) bond motifs is 1. The van der Waals surface area contributed by atoms with Gasteiger partial charge in [0.25, 0.3) is 0 Å². The topological polar surface area (TPSA) is 49.7 Å². The number of nitrogens with zero attached hydrogens (tertiary/aromatic N) is 1. The van der Waals surface area contributed by atoms with Crippen LogP contribution in [-0.4, -0.2) is 15.5 Å². The Bertz CT molecular complexity index is 761. The second-order valence-electron chi connectivity index (χ2n) is 4.76. The molecule has 3 rings (SSSR count). The third kappa shape index (κ3) is 2.54. The van der Waals surface area contributed by atoms with E-state index in [0.717, 1.165) is 12.1 Å². The van der Waals surface area contributed by atoms with Crippen molar-refractivity contribution in [3.63, 3.8) is 0 Å². The number of aryl methyl sites for hydroxylation is 1. The Hall–Kier alpha value is -2.20. The van der Waals surface area contributed by atoms with Crippen LogP contribution in [0.1, 0.15) is 18.1 Å². The fourth-order valence-electron chi connectivity index (χ4n) is 2.22. The third-order valence-corrected chi connectivity index (χ3v) is 4.90. The minimum Gasteiger partial charge on any atom is -0.506 e. The van der Waals surface area contributed by atoms with Gasteiger partial charge < -0.3 is 5.11 Å². The number of rotatable bonds is 3. The first kappa shape index (κ1) is 13.8. The number of aliphatic imine (C=N–C) groups is 1. The van der Waals surface area contributed by atoms with Gasteiger partial charge in [-0.3, -0.25) is 4.99 Å². The summed E-state index contributed by atoms with van der Waals surface area (Å²) in [5, 5.41) is 10.2. The average Bonchev–Trinajstić information content (AvgIpc) is 2.78. The maximum Gasteiger partial charge on any atom is 0.142 e. The molecule has 1 N–H and O–H groups in total. The smallest absolute Gasteiger partial charge is 0.142 e. The van der Waals surface area contributed by atoms with E-state index in [2.05, 4.69) is 11.9 Å². The molecule has 0 bridgehead atoms. The molecule has 0 aromatic heterocycles. The lowest BCUT2D eigenvalue weighted by molar-refractivity contribution is 0.511. The quantitative estimate of drug-likeness (QED) is 0.871. The SMILES string of the molecule is CCc1ccc(N=CC2=C(O)c3ccccc3S2=O)cc1. The first-order valence-electron chi connectivity index (χ1n) is 6.78. The molecule has 1 heterocycles. The van der Waals surface area contributed by atoms with Gasteiger partial charge in [-0.2, -0.15) is 0 Å². The molecule has 4 heteroatoms. The number of aliphatic hydroxyl groups excluding tert-OH is 1. The zero-order chi connectivity index (χ0) is 14.8. The molecule has 0 amide bonds. The largest absolute Gasteiger partial charge is 0.506 e. The van der Waals surface area contributed by atoms with E-state index in [1.165, 1.54) is 11.8 Å². The highest BCUT2D eigenvalue weighted by molar-refractivity contribution is 7.90. The maximum atomic E-state index is 12.3. The molecule has 0 saturated heterocycles. The Morgan fingerprint density at radius 1 is 1.14 bits per heavy atom. The highest BCUT2D eigenvalue weighted by Crippen LogP contribution is 2.33. The molecule has 1 aliphatic rings. The van der Waals surface area contributed by atoms with Crippen LogP contribution in [0.25, 0.3) is 5.76 Å². The molecule has 3 nitrogen and oxygen atoms in total. The van der Waals surface area contributed by atoms with Crippen LogP contribution in [0, 0.1) is 0 Å². The Morgan fingerprint density at radius 2 is 1.86 bits per heavy atom. The number of benzene rings is 2. The van der Waals surface area contributed by atoms with Crippen molar-refractivity contribution in [2.75, 3.05) is 0 Å². The van der Waals surface area contributed by atoms with Crippen molar-refractivity contribution in [2.24, 2.45) is 4.99 Å². The van der Waals surface area contributed by atoms with Crippen LogP contribution in [0.15, 0.2) is 63.3 Å². The second kappa shape index (κ2) is 5.66. The van der Waals surface area contributed by atoms with Crippen LogP contribution >= 0.6 is 0 Å². The molecule has 1 unspecified atom stereocenters. The van der Waals surface area contributed by atoms with E-state index in [4.69, 9.17) is 0 Å².